The van der Waals surface area contributed by atoms with Crippen LogP contribution in [0.25, 0.3) is 22.3 Å². The minimum atomic E-state index is -4.26. The van der Waals surface area contributed by atoms with E-state index in [1.807, 2.05) is 0 Å². The highest BCUT2D eigenvalue weighted by atomic mass is 19.3. The number of nitrogens with zero attached hydrogens (tertiary/aromatic N) is 2. The monoisotopic (exact) mass is 549 g/mol. The van der Waals surface area contributed by atoms with Crippen LogP contribution in [0.5, 0.6) is 0 Å². The molecular formula is C27H24F5N3O4. The van der Waals surface area contributed by atoms with E-state index in [9.17, 15) is 36.6 Å². The van der Waals surface area contributed by atoms with Crippen LogP contribution in [0.15, 0.2) is 16.9 Å². The number of esters is 1. The minimum Gasteiger partial charge on any atom is -0.458 e. The molecule has 0 fully saturated rings. The smallest absolute Gasteiger partial charge is 0.343 e. The maximum Gasteiger partial charge on any atom is 0.343 e. The summed E-state index contributed by atoms with van der Waals surface area (Å²) in [4.78, 5) is 30.7. The van der Waals surface area contributed by atoms with Crippen LogP contribution in [0.4, 0.5) is 22.0 Å². The van der Waals surface area contributed by atoms with Gasteiger partial charge in [-0.3, -0.25) is 4.79 Å². The molecule has 1 aromatic carbocycles. The molecule has 6 rings (SSSR count). The van der Waals surface area contributed by atoms with Crippen molar-refractivity contribution >= 4 is 16.9 Å². The van der Waals surface area contributed by atoms with Gasteiger partial charge in [0.05, 0.1) is 35.6 Å². The summed E-state index contributed by atoms with van der Waals surface area (Å²) in [6.45, 7) is 1.58. The molecule has 0 unspecified atom stereocenters. The molecule has 206 valence electrons. The summed E-state index contributed by atoms with van der Waals surface area (Å²) in [5, 5.41) is 14.2. The summed E-state index contributed by atoms with van der Waals surface area (Å²) in [5.41, 5.74) is 0.493. The summed E-state index contributed by atoms with van der Waals surface area (Å²) in [6, 6.07) is 1.94. The fraction of sp³-hybridized carbons (Fsp3) is 0.444. The van der Waals surface area contributed by atoms with Crippen molar-refractivity contribution < 1.29 is 36.6 Å². The van der Waals surface area contributed by atoms with E-state index in [0.717, 1.165) is 0 Å². The maximum absolute atomic E-state index is 14.9. The van der Waals surface area contributed by atoms with Crippen molar-refractivity contribution in [3.8, 4) is 11.4 Å². The Balaban J connectivity index is 1.59. The quantitative estimate of drug-likeness (QED) is 0.289. The number of pyridine rings is 2. The zero-order chi connectivity index (χ0) is 28.0. The highest BCUT2D eigenvalue weighted by molar-refractivity contribution is 5.93. The van der Waals surface area contributed by atoms with Crippen LogP contribution in [0, 0.1) is 12.7 Å². The van der Waals surface area contributed by atoms with Gasteiger partial charge in [0.25, 0.3) is 5.56 Å². The molecule has 2 aromatic heterocycles. The zero-order valence-electron chi connectivity index (χ0n) is 21.0. The van der Waals surface area contributed by atoms with Gasteiger partial charge >= 0.3 is 18.3 Å². The number of aliphatic hydroxyl groups is 1. The Bertz CT molecular complexity index is 1640. The first-order valence-electron chi connectivity index (χ1n) is 12.6. The van der Waals surface area contributed by atoms with Crippen molar-refractivity contribution in [2.75, 3.05) is 6.54 Å². The third kappa shape index (κ3) is 3.57. The summed E-state index contributed by atoms with van der Waals surface area (Å²) >= 11 is 0. The van der Waals surface area contributed by atoms with Crippen LogP contribution in [-0.4, -0.2) is 39.5 Å². The number of benzene rings is 1. The molecule has 2 N–H and O–H groups in total. The summed E-state index contributed by atoms with van der Waals surface area (Å²) in [7, 11) is 0. The number of hydrogen-bond acceptors (Lipinski definition) is 6. The Kier molecular flexibility index (Phi) is 5.68. The number of fused-ring (bicyclic) bond motifs is 5. The number of hydrogen-bond donors (Lipinski definition) is 2. The average Bonchev–Trinajstić information content (AvgIpc) is 3.27. The number of rotatable bonds is 5. The van der Waals surface area contributed by atoms with Crippen LogP contribution < -0.4 is 10.9 Å². The van der Waals surface area contributed by atoms with Gasteiger partial charge < -0.3 is 19.7 Å². The molecule has 39 heavy (non-hydrogen) atoms. The third-order valence-corrected chi connectivity index (χ3v) is 8.28. The Labute approximate surface area is 218 Å². The highest BCUT2D eigenvalue weighted by Gasteiger charge is 2.46. The van der Waals surface area contributed by atoms with E-state index < -0.39 is 47.9 Å². The highest BCUT2D eigenvalue weighted by Crippen LogP contribution is 2.46. The number of ether oxygens (including phenoxy) is 1. The molecule has 0 amide bonds. The number of aryl methyl sites for hydroxylation is 1. The van der Waals surface area contributed by atoms with Crippen molar-refractivity contribution in [2.24, 2.45) is 0 Å². The fourth-order valence-electron chi connectivity index (χ4n) is 6.10. The number of alkyl halides is 4. The van der Waals surface area contributed by atoms with Crippen molar-refractivity contribution in [3.63, 3.8) is 0 Å². The Morgan fingerprint density at radius 1 is 1.26 bits per heavy atom. The van der Waals surface area contributed by atoms with Gasteiger partial charge in [-0.2, -0.15) is 8.78 Å². The van der Waals surface area contributed by atoms with Gasteiger partial charge in [-0.15, -0.1) is 0 Å². The molecule has 3 aliphatic rings. The first kappa shape index (κ1) is 25.9. The number of carbonyl (C=O) groups is 1. The first-order chi connectivity index (χ1) is 18.4. The second-order valence-corrected chi connectivity index (χ2v) is 10.3. The lowest BCUT2D eigenvalue weighted by Gasteiger charge is -2.31. The molecule has 0 spiro atoms. The predicted molar refractivity (Wildman–Crippen MR) is 129 cm³/mol. The van der Waals surface area contributed by atoms with E-state index in [4.69, 9.17) is 4.74 Å². The van der Waals surface area contributed by atoms with Crippen molar-refractivity contribution in [3.05, 3.63) is 61.7 Å². The number of halogens is 5. The van der Waals surface area contributed by atoms with E-state index in [2.05, 4.69) is 10.3 Å². The normalized spacial score (nSPS) is 21.7. The zero-order valence-corrected chi connectivity index (χ0v) is 21.0. The van der Waals surface area contributed by atoms with Crippen LogP contribution in [0.1, 0.15) is 59.2 Å². The molecule has 3 aromatic rings. The van der Waals surface area contributed by atoms with Crippen LogP contribution in [0.2, 0.25) is 0 Å². The summed E-state index contributed by atoms with van der Waals surface area (Å²) in [5.74, 6) is -5.65. The Hall–Kier alpha value is -3.38. The molecule has 0 saturated carbocycles. The topological polar surface area (TPSA) is 93.5 Å². The van der Waals surface area contributed by atoms with E-state index in [1.165, 1.54) is 16.7 Å². The number of aromatic nitrogens is 2. The number of carbonyl (C=O) groups excluding carboxylic acids is 1. The van der Waals surface area contributed by atoms with Gasteiger partial charge in [-0.05, 0) is 48.9 Å². The molecule has 0 saturated heterocycles. The van der Waals surface area contributed by atoms with E-state index >= 15 is 0 Å². The summed E-state index contributed by atoms with van der Waals surface area (Å²) in [6.07, 6.45) is -3.35. The molecular weight excluding hydrogens is 525 g/mol. The lowest BCUT2D eigenvalue weighted by molar-refractivity contribution is -0.172. The van der Waals surface area contributed by atoms with Crippen molar-refractivity contribution in [1.82, 2.24) is 14.9 Å². The Morgan fingerprint density at radius 2 is 2.00 bits per heavy atom. The lowest BCUT2D eigenvalue weighted by atomic mass is 9.81. The molecule has 2 atom stereocenters. The predicted octanol–water partition coefficient (Wildman–Crippen LogP) is 4.00. The fourth-order valence-corrected chi connectivity index (χ4v) is 6.10. The largest absolute Gasteiger partial charge is 0.458 e. The van der Waals surface area contributed by atoms with E-state index in [-0.39, 0.29) is 54.0 Å². The Morgan fingerprint density at radius 3 is 2.69 bits per heavy atom. The molecule has 7 nitrogen and oxygen atoms in total. The van der Waals surface area contributed by atoms with Gasteiger partial charge in [-0.25, -0.2) is 22.9 Å². The van der Waals surface area contributed by atoms with Crippen molar-refractivity contribution in [1.29, 1.82) is 0 Å². The van der Waals surface area contributed by atoms with Crippen LogP contribution in [0.3, 0.4) is 0 Å². The number of cyclic esters (lactones) is 1. The van der Waals surface area contributed by atoms with E-state index in [0.29, 0.717) is 34.1 Å². The standard InChI is InChI=1S/C27H24F5N3O4/c1-3-26(38)15-6-19-22-13(8-35(19)23(36)14(15)9-39-25(26)37)21-17(33-10-27(31,32)24(29)30)5-4-12-11(2)16(28)7-18(34-22)20(12)21/h6-7,17,24,33,38H,3-5,8-10H2,1-2H3/t17-,26-/m0/s1. The summed E-state index contributed by atoms with van der Waals surface area (Å²) < 4.78 is 74.9. The SMILES string of the molecule is CC[C@@]1(O)C(=O)OCc2c1cc1n(c2=O)Cc2c-1nc1cc(F)c(C)c3c1c2[C@@H](NCC(F)(F)C(F)F)CC3. The number of nitrogens with one attached hydrogen (secondary N) is 1. The van der Waals surface area contributed by atoms with Gasteiger partial charge in [0, 0.05) is 28.6 Å². The molecule has 0 radical (unpaired) electrons. The van der Waals surface area contributed by atoms with Gasteiger partial charge in [0.15, 0.2) is 5.60 Å². The average molecular weight is 549 g/mol. The third-order valence-electron chi connectivity index (χ3n) is 8.28. The van der Waals surface area contributed by atoms with Gasteiger partial charge in [0.2, 0.25) is 0 Å². The van der Waals surface area contributed by atoms with Crippen LogP contribution >= 0.6 is 0 Å². The molecule has 12 heteroatoms. The van der Waals surface area contributed by atoms with Gasteiger partial charge in [-0.1, -0.05) is 6.92 Å². The molecule has 2 aliphatic heterocycles. The second-order valence-electron chi connectivity index (χ2n) is 10.3. The first-order valence-corrected chi connectivity index (χ1v) is 12.6. The molecule has 1 aliphatic carbocycles. The molecule has 0 bridgehead atoms. The van der Waals surface area contributed by atoms with Crippen molar-refractivity contribution in [2.45, 2.75) is 70.3 Å². The van der Waals surface area contributed by atoms with Crippen LogP contribution in [-0.2, 0) is 34.7 Å². The second kappa shape index (κ2) is 8.56. The van der Waals surface area contributed by atoms with E-state index in [1.54, 1.807) is 13.8 Å². The lowest BCUT2D eigenvalue weighted by Crippen LogP contribution is -2.44. The van der Waals surface area contributed by atoms with Gasteiger partial charge in [0.1, 0.15) is 12.4 Å². The maximum atomic E-state index is 14.9. The minimum absolute atomic E-state index is 0.00711. The molecule has 4 heterocycles.